The van der Waals surface area contributed by atoms with Gasteiger partial charge in [-0.25, -0.2) is 4.79 Å². The van der Waals surface area contributed by atoms with E-state index in [9.17, 15) is 9.59 Å². The number of carbonyl (C=O) groups excluding carboxylic acids is 1. The topological polar surface area (TPSA) is 56.5 Å². The second-order valence-electron chi connectivity index (χ2n) is 9.16. The van der Waals surface area contributed by atoms with Crippen LogP contribution in [0.2, 0.25) is 0 Å². The van der Waals surface area contributed by atoms with Crippen molar-refractivity contribution in [3.63, 3.8) is 0 Å². The Morgan fingerprint density at radius 2 is 1.60 bits per heavy atom. The van der Waals surface area contributed by atoms with Crippen LogP contribution in [0.3, 0.4) is 0 Å². The first-order chi connectivity index (χ1) is 11.3. The normalized spacial score (nSPS) is 15.0. The Morgan fingerprint density at radius 3 is 2.16 bits per heavy atom. The van der Waals surface area contributed by atoms with Crippen molar-refractivity contribution in [3.05, 3.63) is 40.8 Å². The highest BCUT2D eigenvalue weighted by Crippen LogP contribution is 2.47. The Labute approximate surface area is 149 Å². The SMILES string of the molecule is CC(C)(C)CC(C)(C(=O)Oc1ccc2ccc(=O)oc2c1)C(C)(C)C. The van der Waals surface area contributed by atoms with Crippen LogP contribution in [-0.4, -0.2) is 5.97 Å². The molecular weight excluding hydrogens is 316 g/mol. The molecule has 0 bridgehead atoms. The van der Waals surface area contributed by atoms with Crippen LogP contribution in [-0.2, 0) is 4.79 Å². The van der Waals surface area contributed by atoms with Gasteiger partial charge in [0.1, 0.15) is 11.3 Å². The summed E-state index contributed by atoms with van der Waals surface area (Å²) in [5.41, 5.74) is -0.954. The molecule has 1 unspecified atom stereocenters. The lowest BCUT2D eigenvalue weighted by Gasteiger charge is -2.43. The van der Waals surface area contributed by atoms with E-state index in [1.54, 1.807) is 24.3 Å². The molecule has 0 saturated heterocycles. The Morgan fingerprint density at radius 1 is 1.00 bits per heavy atom. The molecule has 1 aromatic carbocycles. The molecule has 0 fully saturated rings. The van der Waals surface area contributed by atoms with Crippen LogP contribution in [0, 0.1) is 16.2 Å². The third-order valence-corrected chi connectivity index (χ3v) is 4.79. The monoisotopic (exact) mass is 344 g/mol. The molecule has 1 heterocycles. The third kappa shape index (κ3) is 4.30. The van der Waals surface area contributed by atoms with E-state index in [4.69, 9.17) is 9.15 Å². The lowest BCUT2D eigenvalue weighted by molar-refractivity contribution is -0.154. The zero-order chi connectivity index (χ0) is 19.0. The number of fused-ring (bicyclic) bond motifs is 1. The van der Waals surface area contributed by atoms with Gasteiger partial charge < -0.3 is 9.15 Å². The average Bonchev–Trinajstić information content (AvgIpc) is 2.43. The van der Waals surface area contributed by atoms with Crippen LogP contribution in [0.15, 0.2) is 39.5 Å². The molecule has 0 aliphatic carbocycles. The fourth-order valence-electron chi connectivity index (χ4n) is 3.03. The van der Waals surface area contributed by atoms with Gasteiger partial charge >= 0.3 is 11.6 Å². The van der Waals surface area contributed by atoms with Crippen LogP contribution < -0.4 is 10.4 Å². The summed E-state index contributed by atoms with van der Waals surface area (Å²) in [6, 6.07) is 8.15. The molecule has 0 aliphatic heterocycles. The van der Waals surface area contributed by atoms with E-state index in [0.29, 0.717) is 17.8 Å². The predicted octanol–water partition coefficient (Wildman–Crippen LogP) is 5.19. The van der Waals surface area contributed by atoms with Gasteiger partial charge in [-0.15, -0.1) is 0 Å². The van der Waals surface area contributed by atoms with Crippen molar-refractivity contribution in [2.24, 2.45) is 16.2 Å². The molecule has 2 aromatic rings. The summed E-state index contributed by atoms with van der Waals surface area (Å²) in [5.74, 6) is 0.115. The summed E-state index contributed by atoms with van der Waals surface area (Å²) < 4.78 is 10.9. The Bertz CT molecular complexity index is 833. The summed E-state index contributed by atoms with van der Waals surface area (Å²) >= 11 is 0. The molecule has 0 amide bonds. The van der Waals surface area contributed by atoms with Crippen molar-refractivity contribution < 1.29 is 13.9 Å². The van der Waals surface area contributed by atoms with Crippen molar-refractivity contribution in [2.75, 3.05) is 0 Å². The molecule has 25 heavy (non-hydrogen) atoms. The summed E-state index contributed by atoms with van der Waals surface area (Å²) in [4.78, 5) is 24.4. The number of ether oxygens (including phenoxy) is 1. The van der Waals surface area contributed by atoms with Gasteiger partial charge in [0, 0.05) is 17.5 Å². The van der Waals surface area contributed by atoms with Gasteiger partial charge in [0.15, 0.2) is 0 Å². The molecule has 4 nitrogen and oxygen atoms in total. The van der Waals surface area contributed by atoms with Crippen LogP contribution in [0.4, 0.5) is 0 Å². The van der Waals surface area contributed by atoms with E-state index in [2.05, 4.69) is 41.5 Å². The number of esters is 1. The molecular formula is C21H28O4. The highest BCUT2D eigenvalue weighted by Gasteiger charge is 2.47. The maximum atomic E-state index is 13.0. The van der Waals surface area contributed by atoms with Crippen molar-refractivity contribution in [1.82, 2.24) is 0 Å². The molecule has 1 atom stereocenters. The first kappa shape index (κ1) is 19.2. The fraction of sp³-hybridized carbons (Fsp3) is 0.524. The van der Waals surface area contributed by atoms with E-state index in [1.807, 2.05) is 6.92 Å². The lowest BCUT2D eigenvalue weighted by Crippen LogP contribution is -2.45. The first-order valence-corrected chi connectivity index (χ1v) is 8.58. The molecule has 0 spiro atoms. The van der Waals surface area contributed by atoms with Gasteiger partial charge in [0.2, 0.25) is 0 Å². The number of hydrogen-bond acceptors (Lipinski definition) is 4. The maximum Gasteiger partial charge on any atom is 0.336 e. The van der Waals surface area contributed by atoms with Crippen LogP contribution >= 0.6 is 0 Å². The van der Waals surface area contributed by atoms with Crippen molar-refractivity contribution >= 4 is 16.9 Å². The van der Waals surface area contributed by atoms with Crippen molar-refractivity contribution in [1.29, 1.82) is 0 Å². The average molecular weight is 344 g/mol. The van der Waals surface area contributed by atoms with Crippen molar-refractivity contribution in [2.45, 2.75) is 54.9 Å². The smallest absolute Gasteiger partial charge is 0.336 e. The van der Waals surface area contributed by atoms with Gasteiger partial charge in [-0.2, -0.15) is 0 Å². The summed E-state index contributed by atoms with van der Waals surface area (Å²) in [6.07, 6.45) is 0.699. The molecule has 0 saturated carbocycles. The lowest BCUT2D eigenvalue weighted by atomic mass is 9.61. The Hall–Kier alpha value is -2.10. The van der Waals surface area contributed by atoms with Gasteiger partial charge in [-0.05, 0) is 42.4 Å². The molecule has 0 radical (unpaired) electrons. The molecule has 136 valence electrons. The minimum atomic E-state index is -0.655. The summed E-state index contributed by atoms with van der Waals surface area (Å²) in [5, 5.41) is 0.785. The number of rotatable bonds is 3. The molecule has 0 N–H and O–H groups in total. The minimum Gasteiger partial charge on any atom is -0.426 e. The van der Waals surface area contributed by atoms with E-state index in [-0.39, 0.29) is 16.8 Å². The predicted molar refractivity (Wildman–Crippen MR) is 99.8 cm³/mol. The van der Waals surface area contributed by atoms with E-state index >= 15 is 0 Å². The first-order valence-electron chi connectivity index (χ1n) is 8.58. The van der Waals surface area contributed by atoms with E-state index in [1.165, 1.54) is 6.07 Å². The van der Waals surface area contributed by atoms with E-state index < -0.39 is 11.0 Å². The Balaban J connectivity index is 2.36. The molecule has 4 heteroatoms. The zero-order valence-corrected chi connectivity index (χ0v) is 16.2. The molecule has 1 aromatic heterocycles. The standard InChI is InChI=1S/C21H28O4/c1-19(2,3)13-21(7,20(4,5)6)18(23)24-15-10-8-14-9-11-17(22)25-16(14)12-15/h8-12H,13H2,1-7H3. The fourth-order valence-corrected chi connectivity index (χ4v) is 3.03. The third-order valence-electron chi connectivity index (χ3n) is 4.79. The maximum absolute atomic E-state index is 13.0. The number of benzene rings is 1. The number of carbonyl (C=O) groups is 1. The zero-order valence-electron chi connectivity index (χ0n) is 16.2. The largest absolute Gasteiger partial charge is 0.426 e. The van der Waals surface area contributed by atoms with E-state index in [0.717, 1.165) is 5.39 Å². The summed E-state index contributed by atoms with van der Waals surface area (Å²) in [6.45, 7) is 14.5. The number of hydrogen-bond donors (Lipinski definition) is 0. The second kappa shape index (κ2) is 6.32. The molecule has 0 aliphatic rings. The van der Waals surface area contributed by atoms with Gasteiger partial charge in [-0.3, -0.25) is 4.79 Å². The molecule has 2 rings (SSSR count). The van der Waals surface area contributed by atoms with Crippen LogP contribution in [0.5, 0.6) is 5.75 Å². The van der Waals surface area contributed by atoms with Gasteiger partial charge in [-0.1, -0.05) is 41.5 Å². The minimum absolute atomic E-state index is 0.0166. The Kier molecular flexibility index (Phi) is 4.86. The second-order valence-corrected chi connectivity index (χ2v) is 9.16. The van der Waals surface area contributed by atoms with Crippen molar-refractivity contribution in [3.8, 4) is 5.75 Å². The quantitative estimate of drug-likeness (QED) is 0.437. The highest BCUT2D eigenvalue weighted by molar-refractivity contribution is 5.82. The van der Waals surface area contributed by atoms with Gasteiger partial charge in [0.25, 0.3) is 0 Å². The van der Waals surface area contributed by atoms with Crippen LogP contribution in [0.1, 0.15) is 54.9 Å². The van der Waals surface area contributed by atoms with Crippen LogP contribution in [0.25, 0.3) is 11.0 Å². The van der Waals surface area contributed by atoms with Gasteiger partial charge in [0.05, 0.1) is 5.41 Å². The summed E-state index contributed by atoms with van der Waals surface area (Å²) in [7, 11) is 0. The highest BCUT2D eigenvalue weighted by atomic mass is 16.5.